The number of benzene rings is 3. The highest BCUT2D eigenvalue weighted by molar-refractivity contribution is 5.75. The van der Waals surface area contributed by atoms with Gasteiger partial charge in [-0.2, -0.15) is 0 Å². The first-order valence-corrected chi connectivity index (χ1v) is 10.3. The highest BCUT2D eigenvalue weighted by atomic mass is 16.2. The third-order valence-corrected chi connectivity index (χ3v) is 5.37. The number of carbonyl (C=O) groups excluding carboxylic acids is 1. The zero-order valence-electron chi connectivity index (χ0n) is 18.0. The molecule has 0 heterocycles. The fourth-order valence-electron chi connectivity index (χ4n) is 3.57. The first-order chi connectivity index (χ1) is 14.4. The van der Waals surface area contributed by atoms with Crippen LogP contribution in [0, 0.1) is 0 Å². The zero-order chi connectivity index (χ0) is 21.6. The molecule has 0 aliphatic rings. The van der Waals surface area contributed by atoms with Gasteiger partial charge >= 0.3 is 6.03 Å². The van der Waals surface area contributed by atoms with E-state index in [1.807, 2.05) is 75.4 Å². The van der Waals surface area contributed by atoms with E-state index in [-0.39, 0.29) is 11.9 Å². The van der Waals surface area contributed by atoms with E-state index in [9.17, 15) is 4.79 Å². The van der Waals surface area contributed by atoms with E-state index in [1.54, 1.807) is 0 Å². The second-order valence-electron chi connectivity index (χ2n) is 8.20. The van der Waals surface area contributed by atoms with Gasteiger partial charge in [-0.15, -0.1) is 0 Å². The lowest BCUT2D eigenvalue weighted by atomic mass is 9.91. The lowest BCUT2D eigenvalue weighted by Crippen LogP contribution is -2.47. The molecule has 3 aromatic carbocycles. The van der Waals surface area contributed by atoms with Gasteiger partial charge in [-0.3, -0.25) is 0 Å². The molecule has 3 heteroatoms. The summed E-state index contributed by atoms with van der Waals surface area (Å²) in [5, 5.41) is 6.19. The summed E-state index contributed by atoms with van der Waals surface area (Å²) in [6.45, 7) is 10.5. The molecule has 0 fully saturated rings. The minimum absolute atomic E-state index is 0.0907. The van der Waals surface area contributed by atoms with Crippen LogP contribution in [0.1, 0.15) is 48.9 Å². The van der Waals surface area contributed by atoms with Gasteiger partial charge < -0.3 is 10.6 Å². The Hall–Kier alpha value is -3.33. The summed E-state index contributed by atoms with van der Waals surface area (Å²) in [7, 11) is 0. The quantitative estimate of drug-likeness (QED) is 0.497. The van der Waals surface area contributed by atoms with E-state index < -0.39 is 5.54 Å². The topological polar surface area (TPSA) is 41.1 Å². The number of hydrogen-bond donors (Lipinski definition) is 2. The van der Waals surface area contributed by atoms with Crippen molar-refractivity contribution in [3.63, 3.8) is 0 Å². The van der Waals surface area contributed by atoms with Crippen molar-refractivity contribution in [2.75, 3.05) is 6.54 Å². The molecular weight excluding hydrogens is 368 g/mol. The van der Waals surface area contributed by atoms with Gasteiger partial charge in [0, 0.05) is 12.5 Å². The molecule has 0 radical (unpaired) electrons. The molecule has 3 rings (SSSR count). The van der Waals surface area contributed by atoms with Crippen molar-refractivity contribution in [2.45, 2.75) is 32.2 Å². The van der Waals surface area contributed by atoms with Crippen molar-refractivity contribution in [3.8, 4) is 0 Å². The average Bonchev–Trinajstić information content (AvgIpc) is 2.75. The molecule has 0 atom stereocenters. The molecule has 0 unspecified atom stereocenters. The van der Waals surface area contributed by atoms with Crippen LogP contribution in [-0.4, -0.2) is 12.6 Å². The molecule has 2 N–H and O–H groups in total. The number of allylic oxidation sites excluding steroid dienone is 1. The van der Waals surface area contributed by atoms with Crippen LogP contribution in [0.2, 0.25) is 0 Å². The van der Waals surface area contributed by atoms with Crippen molar-refractivity contribution >= 4 is 11.6 Å². The summed E-state index contributed by atoms with van der Waals surface area (Å²) in [5.74, 6) is 0.0907. The van der Waals surface area contributed by atoms with Gasteiger partial charge in [-0.25, -0.2) is 4.79 Å². The first-order valence-electron chi connectivity index (χ1n) is 10.3. The van der Waals surface area contributed by atoms with Crippen LogP contribution in [0.15, 0.2) is 91.5 Å². The van der Waals surface area contributed by atoms with E-state index in [1.165, 1.54) is 11.1 Å². The molecule has 154 valence electrons. The summed E-state index contributed by atoms with van der Waals surface area (Å²) < 4.78 is 0. The SMILES string of the molecule is C=C(C)c1cccc(C(C)(C)NC(=O)NCC(c2ccccc2)c2ccccc2)c1. The van der Waals surface area contributed by atoms with Crippen LogP contribution in [0.3, 0.4) is 0 Å². The molecule has 0 bridgehead atoms. The molecule has 0 spiro atoms. The van der Waals surface area contributed by atoms with E-state index in [0.29, 0.717) is 6.54 Å². The predicted octanol–water partition coefficient (Wildman–Crippen LogP) is 6.09. The highest BCUT2D eigenvalue weighted by Crippen LogP contribution is 2.25. The minimum Gasteiger partial charge on any atom is -0.337 e. The minimum atomic E-state index is -0.509. The molecule has 0 aromatic heterocycles. The number of carbonyl (C=O) groups is 1. The van der Waals surface area contributed by atoms with E-state index in [0.717, 1.165) is 16.7 Å². The molecular formula is C27H30N2O. The normalized spacial score (nSPS) is 11.2. The van der Waals surface area contributed by atoms with Crippen LogP contribution in [0.25, 0.3) is 5.57 Å². The van der Waals surface area contributed by atoms with Gasteiger partial charge in [0.05, 0.1) is 5.54 Å². The highest BCUT2D eigenvalue weighted by Gasteiger charge is 2.24. The second-order valence-corrected chi connectivity index (χ2v) is 8.20. The summed E-state index contributed by atoms with van der Waals surface area (Å²) in [4.78, 5) is 12.8. The maximum Gasteiger partial charge on any atom is 0.315 e. The average molecular weight is 399 g/mol. The van der Waals surface area contributed by atoms with Crippen LogP contribution in [0.5, 0.6) is 0 Å². The van der Waals surface area contributed by atoms with Gasteiger partial charge in [0.2, 0.25) is 0 Å². The zero-order valence-corrected chi connectivity index (χ0v) is 18.0. The van der Waals surface area contributed by atoms with Crippen LogP contribution < -0.4 is 10.6 Å². The molecule has 30 heavy (non-hydrogen) atoms. The Morgan fingerprint density at radius 1 is 0.900 bits per heavy atom. The smallest absolute Gasteiger partial charge is 0.315 e. The maximum atomic E-state index is 12.8. The number of nitrogens with one attached hydrogen (secondary N) is 2. The number of urea groups is 1. The number of hydrogen-bond acceptors (Lipinski definition) is 1. The van der Waals surface area contributed by atoms with Gasteiger partial charge in [0.1, 0.15) is 0 Å². The first kappa shape index (κ1) is 21.4. The third kappa shape index (κ3) is 5.38. The van der Waals surface area contributed by atoms with Crippen molar-refractivity contribution in [2.24, 2.45) is 0 Å². The molecule has 3 nitrogen and oxygen atoms in total. The standard InChI is InChI=1S/C27H30N2O/c1-20(2)23-16-11-17-24(18-23)27(3,4)29-26(30)28-19-25(21-12-7-5-8-13-21)22-14-9-6-10-15-22/h5-18,25H,1,19H2,2-4H3,(H2,28,29,30). The summed E-state index contributed by atoms with van der Waals surface area (Å²) in [5.41, 5.74) is 4.97. The predicted molar refractivity (Wildman–Crippen MR) is 125 cm³/mol. The lowest BCUT2D eigenvalue weighted by molar-refractivity contribution is 0.229. The molecule has 0 aliphatic heterocycles. The van der Waals surface area contributed by atoms with Crippen LogP contribution in [-0.2, 0) is 5.54 Å². The number of rotatable bonds is 7. The largest absolute Gasteiger partial charge is 0.337 e. The Morgan fingerprint density at radius 3 is 2.00 bits per heavy atom. The van der Waals surface area contributed by atoms with Gasteiger partial charge in [0.15, 0.2) is 0 Å². The Bertz CT molecular complexity index is 954. The van der Waals surface area contributed by atoms with E-state index >= 15 is 0 Å². The molecule has 2 amide bonds. The Kier molecular flexibility index (Phi) is 6.73. The fraction of sp³-hybridized carbons (Fsp3) is 0.222. The Morgan fingerprint density at radius 2 is 1.47 bits per heavy atom. The van der Waals surface area contributed by atoms with Crippen molar-refractivity contribution < 1.29 is 4.79 Å². The summed E-state index contributed by atoms with van der Waals surface area (Å²) >= 11 is 0. The summed E-state index contributed by atoms with van der Waals surface area (Å²) in [6.07, 6.45) is 0. The fourth-order valence-corrected chi connectivity index (χ4v) is 3.57. The van der Waals surface area contributed by atoms with Crippen molar-refractivity contribution in [1.82, 2.24) is 10.6 Å². The molecule has 0 saturated carbocycles. The summed E-state index contributed by atoms with van der Waals surface area (Å²) in [6, 6.07) is 28.5. The van der Waals surface area contributed by atoms with Crippen LogP contribution >= 0.6 is 0 Å². The Labute approximate surface area is 179 Å². The van der Waals surface area contributed by atoms with E-state index in [2.05, 4.69) is 47.5 Å². The van der Waals surface area contributed by atoms with Crippen molar-refractivity contribution in [3.05, 3.63) is 114 Å². The van der Waals surface area contributed by atoms with Gasteiger partial charge in [-0.05, 0) is 49.1 Å². The third-order valence-electron chi connectivity index (χ3n) is 5.37. The molecule has 0 saturated heterocycles. The molecule has 3 aromatic rings. The van der Waals surface area contributed by atoms with Gasteiger partial charge in [-0.1, -0.05) is 91.0 Å². The lowest BCUT2D eigenvalue weighted by Gasteiger charge is -2.28. The van der Waals surface area contributed by atoms with Crippen LogP contribution in [0.4, 0.5) is 4.79 Å². The second kappa shape index (κ2) is 9.45. The van der Waals surface area contributed by atoms with Gasteiger partial charge in [0.25, 0.3) is 0 Å². The Balaban J connectivity index is 1.71. The maximum absolute atomic E-state index is 12.8. The van der Waals surface area contributed by atoms with E-state index in [4.69, 9.17) is 0 Å². The number of amides is 2. The van der Waals surface area contributed by atoms with Crippen molar-refractivity contribution in [1.29, 1.82) is 0 Å². The monoisotopic (exact) mass is 398 g/mol. The molecule has 0 aliphatic carbocycles.